The van der Waals surface area contributed by atoms with Gasteiger partial charge in [-0.05, 0) is 25.0 Å². The summed E-state index contributed by atoms with van der Waals surface area (Å²) in [5.74, 6) is 0. The lowest BCUT2D eigenvalue weighted by molar-refractivity contribution is -0.141. The number of aryl methyl sites for hydroxylation is 1. The molecule has 0 atom stereocenters. The molecule has 0 aliphatic heterocycles. The molecule has 1 nitrogen and oxygen atoms in total. The number of unbranched alkanes of at least 4 members (excludes halogenated alkanes) is 2. The van der Waals surface area contributed by atoms with E-state index in [1.165, 1.54) is 6.07 Å². The van der Waals surface area contributed by atoms with Crippen LogP contribution in [0.25, 0.3) is 0 Å². The molecule has 0 amide bonds. The Morgan fingerprint density at radius 2 is 1.93 bits per heavy atom. The lowest BCUT2D eigenvalue weighted by Crippen LogP contribution is -2.09. The Morgan fingerprint density at radius 1 is 1.20 bits per heavy atom. The standard InChI is InChI=1S/C11H14F3N/c1-2-3-4-6-9-7-5-8-10(15-9)11(12,13)14/h5,7-8H,2-4,6H2,1H3. The second-order valence-electron chi connectivity index (χ2n) is 3.47. The number of alkyl halides is 3. The van der Waals surface area contributed by atoms with E-state index < -0.39 is 11.9 Å². The number of rotatable bonds is 4. The molecular formula is C11H14F3N. The topological polar surface area (TPSA) is 12.9 Å². The van der Waals surface area contributed by atoms with Gasteiger partial charge < -0.3 is 0 Å². The van der Waals surface area contributed by atoms with Crippen LogP contribution in [0, 0.1) is 0 Å². The Bertz CT molecular complexity index is 307. The maximum Gasteiger partial charge on any atom is 0.433 e. The van der Waals surface area contributed by atoms with Gasteiger partial charge in [-0.3, -0.25) is 0 Å². The fourth-order valence-corrected chi connectivity index (χ4v) is 1.33. The molecule has 0 radical (unpaired) electrons. The SMILES string of the molecule is CCCCCc1cccc(C(F)(F)F)n1. The van der Waals surface area contributed by atoms with Crippen LogP contribution in [-0.4, -0.2) is 4.98 Å². The molecule has 0 bridgehead atoms. The summed E-state index contributed by atoms with van der Waals surface area (Å²) < 4.78 is 36.9. The first-order chi connectivity index (χ1) is 7.04. The van der Waals surface area contributed by atoms with Crippen LogP contribution in [0.1, 0.15) is 37.6 Å². The fraction of sp³-hybridized carbons (Fsp3) is 0.545. The van der Waals surface area contributed by atoms with E-state index in [-0.39, 0.29) is 0 Å². The van der Waals surface area contributed by atoms with Gasteiger partial charge >= 0.3 is 6.18 Å². The highest BCUT2D eigenvalue weighted by molar-refractivity contribution is 5.13. The minimum Gasteiger partial charge on any atom is -0.248 e. The van der Waals surface area contributed by atoms with Crippen LogP contribution in [0.5, 0.6) is 0 Å². The van der Waals surface area contributed by atoms with Crippen molar-refractivity contribution in [1.29, 1.82) is 0 Å². The van der Waals surface area contributed by atoms with E-state index in [0.717, 1.165) is 25.3 Å². The minimum atomic E-state index is -4.33. The summed E-state index contributed by atoms with van der Waals surface area (Å²) in [5, 5.41) is 0. The summed E-state index contributed by atoms with van der Waals surface area (Å²) in [5.41, 5.74) is -0.269. The van der Waals surface area contributed by atoms with Crippen molar-refractivity contribution in [3.05, 3.63) is 29.6 Å². The van der Waals surface area contributed by atoms with Crippen molar-refractivity contribution < 1.29 is 13.2 Å². The molecule has 4 heteroatoms. The smallest absolute Gasteiger partial charge is 0.248 e. The number of hydrogen-bond donors (Lipinski definition) is 0. The maximum absolute atomic E-state index is 12.3. The average molecular weight is 217 g/mol. The normalized spacial score (nSPS) is 11.7. The number of nitrogens with zero attached hydrogens (tertiary/aromatic N) is 1. The molecule has 15 heavy (non-hydrogen) atoms. The molecule has 0 saturated heterocycles. The van der Waals surface area contributed by atoms with Crippen LogP contribution in [0.3, 0.4) is 0 Å². The van der Waals surface area contributed by atoms with E-state index in [2.05, 4.69) is 11.9 Å². The summed E-state index contributed by atoms with van der Waals surface area (Å²) in [7, 11) is 0. The van der Waals surface area contributed by atoms with Crippen LogP contribution >= 0.6 is 0 Å². The van der Waals surface area contributed by atoms with Gasteiger partial charge in [-0.15, -0.1) is 0 Å². The van der Waals surface area contributed by atoms with E-state index in [1.54, 1.807) is 6.07 Å². The molecular weight excluding hydrogens is 203 g/mol. The van der Waals surface area contributed by atoms with Crippen molar-refractivity contribution in [1.82, 2.24) is 4.98 Å². The molecule has 1 aromatic heterocycles. The predicted octanol–water partition coefficient (Wildman–Crippen LogP) is 3.83. The first-order valence-corrected chi connectivity index (χ1v) is 5.07. The highest BCUT2D eigenvalue weighted by atomic mass is 19.4. The monoisotopic (exact) mass is 217 g/mol. The Morgan fingerprint density at radius 3 is 2.53 bits per heavy atom. The van der Waals surface area contributed by atoms with Crippen molar-refractivity contribution in [3.8, 4) is 0 Å². The molecule has 0 unspecified atom stereocenters. The fourth-order valence-electron chi connectivity index (χ4n) is 1.33. The van der Waals surface area contributed by atoms with Crippen molar-refractivity contribution in [3.63, 3.8) is 0 Å². The third-order valence-electron chi connectivity index (χ3n) is 2.13. The Labute approximate surface area is 87.3 Å². The van der Waals surface area contributed by atoms with Gasteiger partial charge in [0.2, 0.25) is 0 Å². The molecule has 1 rings (SSSR count). The molecule has 0 aliphatic carbocycles. The van der Waals surface area contributed by atoms with Gasteiger partial charge in [0.05, 0.1) is 0 Å². The van der Waals surface area contributed by atoms with Crippen molar-refractivity contribution in [2.75, 3.05) is 0 Å². The zero-order valence-electron chi connectivity index (χ0n) is 8.64. The highest BCUT2D eigenvalue weighted by Crippen LogP contribution is 2.27. The van der Waals surface area contributed by atoms with E-state index in [9.17, 15) is 13.2 Å². The van der Waals surface area contributed by atoms with Gasteiger partial charge in [-0.1, -0.05) is 25.8 Å². The van der Waals surface area contributed by atoms with Gasteiger partial charge in [-0.25, -0.2) is 4.98 Å². The van der Waals surface area contributed by atoms with Crippen molar-refractivity contribution >= 4 is 0 Å². The molecule has 0 spiro atoms. The summed E-state index contributed by atoms with van der Waals surface area (Å²) in [6.45, 7) is 2.06. The van der Waals surface area contributed by atoms with Gasteiger partial charge in [0, 0.05) is 5.69 Å². The predicted molar refractivity (Wildman–Crippen MR) is 52.5 cm³/mol. The largest absolute Gasteiger partial charge is 0.433 e. The third-order valence-corrected chi connectivity index (χ3v) is 2.13. The first-order valence-electron chi connectivity index (χ1n) is 5.07. The molecule has 84 valence electrons. The molecule has 0 fully saturated rings. The van der Waals surface area contributed by atoms with Crippen LogP contribution in [0.15, 0.2) is 18.2 Å². The average Bonchev–Trinajstić information content (AvgIpc) is 2.17. The summed E-state index contributed by atoms with van der Waals surface area (Å²) in [4.78, 5) is 3.59. The number of halogens is 3. The Kier molecular flexibility index (Phi) is 4.12. The zero-order valence-corrected chi connectivity index (χ0v) is 8.64. The second-order valence-corrected chi connectivity index (χ2v) is 3.47. The lowest BCUT2D eigenvalue weighted by atomic mass is 10.1. The summed E-state index contributed by atoms with van der Waals surface area (Å²) >= 11 is 0. The highest BCUT2D eigenvalue weighted by Gasteiger charge is 2.32. The van der Waals surface area contributed by atoms with Gasteiger partial charge in [0.25, 0.3) is 0 Å². The van der Waals surface area contributed by atoms with Crippen LogP contribution < -0.4 is 0 Å². The molecule has 0 aliphatic rings. The Hall–Kier alpha value is -1.06. The van der Waals surface area contributed by atoms with E-state index >= 15 is 0 Å². The molecule has 0 aromatic carbocycles. The van der Waals surface area contributed by atoms with Crippen molar-refractivity contribution in [2.45, 2.75) is 38.8 Å². The molecule has 0 saturated carbocycles. The van der Waals surface area contributed by atoms with Gasteiger partial charge in [-0.2, -0.15) is 13.2 Å². The third kappa shape index (κ3) is 3.90. The van der Waals surface area contributed by atoms with Crippen molar-refractivity contribution in [2.24, 2.45) is 0 Å². The van der Waals surface area contributed by atoms with Crippen LogP contribution in [0.2, 0.25) is 0 Å². The van der Waals surface area contributed by atoms with Crippen LogP contribution in [-0.2, 0) is 12.6 Å². The second kappa shape index (κ2) is 5.14. The summed E-state index contributed by atoms with van der Waals surface area (Å²) in [6, 6.07) is 4.06. The maximum atomic E-state index is 12.3. The quantitative estimate of drug-likeness (QED) is 0.698. The number of aromatic nitrogens is 1. The van der Waals surface area contributed by atoms with E-state index in [4.69, 9.17) is 0 Å². The summed E-state index contributed by atoms with van der Waals surface area (Å²) in [6.07, 6.45) is -0.736. The van der Waals surface area contributed by atoms with Gasteiger partial charge in [0.15, 0.2) is 0 Å². The molecule has 1 heterocycles. The molecule has 0 N–H and O–H groups in total. The first kappa shape index (κ1) is 12.0. The van der Waals surface area contributed by atoms with E-state index in [1.807, 2.05) is 0 Å². The number of pyridine rings is 1. The van der Waals surface area contributed by atoms with Crippen LogP contribution in [0.4, 0.5) is 13.2 Å². The van der Waals surface area contributed by atoms with Gasteiger partial charge in [0.1, 0.15) is 5.69 Å². The minimum absolute atomic E-state index is 0.526. The molecule has 1 aromatic rings. The number of hydrogen-bond acceptors (Lipinski definition) is 1. The zero-order chi connectivity index (χ0) is 11.3. The Balaban J connectivity index is 2.66. The van der Waals surface area contributed by atoms with E-state index in [0.29, 0.717) is 12.1 Å². The lowest BCUT2D eigenvalue weighted by Gasteiger charge is -2.07.